The standard InChI is InChI=1S/C12H17ClN2O2/c1-15(8-12-16-4-5-17-12)7-9-2-3-10(13)6-11(9)14/h2-3,6,12H,4-5,7-8,14H2,1H3. The van der Waals surface area contributed by atoms with Crippen LogP contribution in [0.3, 0.4) is 0 Å². The van der Waals surface area contributed by atoms with Crippen LogP contribution in [0.15, 0.2) is 18.2 Å². The van der Waals surface area contributed by atoms with Gasteiger partial charge in [0.15, 0.2) is 6.29 Å². The number of ether oxygens (including phenoxy) is 2. The molecule has 5 heteroatoms. The summed E-state index contributed by atoms with van der Waals surface area (Å²) in [5.41, 5.74) is 7.69. The Kier molecular flexibility index (Phi) is 4.23. The van der Waals surface area contributed by atoms with E-state index in [9.17, 15) is 0 Å². The Morgan fingerprint density at radius 1 is 1.41 bits per heavy atom. The second kappa shape index (κ2) is 5.69. The summed E-state index contributed by atoms with van der Waals surface area (Å²) in [5, 5.41) is 0.663. The summed E-state index contributed by atoms with van der Waals surface area (Å²) in [6.07, 6.45) is -0.117. The van der Waals surface area contributed by atoms with Gasteiger partial charge in [0.2, 0.25) is 0 Å². The minimum Gasteiger partial charge on any atom is -0.398 e. The highest BCUT2D eigenvalue weighted by molar-refractivity contribution is 6.30. The molecule has 17 heavy (non-hydrogen) atoms. The summed E-state index contributed by atoms with van der Waals surface area (Å²) in [7, 11) is 2.01. The summed E-state index contributed by atoms with van der Waals surface area (Å²) in [6.45, 7) is 2.86. The predicted molar refractivity (Wildman–Crippen MR) is 67.9 cm³/mol. The average molecular weight is 257 g/mol. The lowest BCUT2D eigenvalue weighted by Gasteiger charge is -2.20. The van der Waals surface area contributed by atoms with Gasteiger partial charge in [-0.25, -0.2) is 0 Å². The maximum atomic E-state index is 5.90. The van der Waals surface area contributed by atoms with Crippen LogP contribution in [0, 0.1) is 0 Å². The van der Waals surface area contributed by atoms with Gasteiger partial charge in [0.05, 0.1) is 13.2 Å². The van der Waals surface area contributed by atoms with Gasteiger partial charge in [0, 0.05) is 23.8 Å². The van der Waals surface area contributed by atoms with Gasteiger partial charge in [0.1, 0.15) is 0 Å². The summed E-state index contributed by atoms with van der Waals surface area (Å²) in [5.74, 6) is 0. The predicted octanol–water partition coefficient (Wildman–Crippen LogP) is 1.73. The molecule has 0 saturated carbocycles. The quantitative estimate of drug-likeness (QED) is 0.834. The summed E-state index contributed by atoms with van der Waals surface area (Å²) < 4.78 is 10.8. The topological polar surface area (TPSA) is 47.7 Å². The van der Waals surface area contributed by atoms with Crippen molar-refractivity contribution in [2.75, 3.05) is 32.5 Å². The molecule has 4 nitrogen and oxygen atoms in total. The van der Waals surface area contributed by atoms with E-state index in [0.29, 0.717) is 18.2 Å². The normalized spacial score (nSPS) is 16.9. The first kappa shape index (κ1) is 12.6. The molecule has 0 aliphatic carbocycles. The van der Waals surface area contributed by atoms with Gasteiger partial charge in [-0.1, -0.05) is 17.7 Å². The van der Waals surface area contributed by atoms with Crippen molar-refractivity contribution in [3.8, 4) is 0 Å². The zero-order valence-electron chi connectivity index (χ0n) is 9.86. The van der Waals surface area contributed by atoms with Crippen LogP contribution in [0.5, 0.6) is 0 Å². The molecule has 1 aliphatic heterocycles. The lowest BCUT2D eigenvalue weighted by Crippen LogP contribution is -2.29. The molecule has 0 unspecified atom stereocenters. The van der Waals surface area contributed by atoms with Gasteiger partial charge < -0.3 is 15.2 Å². The number of hydrogen-bond acceptors (Lipinski definition) is 4. The number of benzene rings is 1. The minimum absolute atomic E-state index is 0.117. The van der Waals surface area contributed by atoms with Gasteiger partial charge in [-0.05, 0) is 24.7 Å². The Bertz CT molecular complexity index is 381. The molecule has 1 aliphatic rings. The first-order valence-electron chi connectivity index (χ1n) is 5.61. The Morgan fingerprint density at radius 3 is 2.76 bits per heavy atom. The first-order chi connectivity index (χ1) is 8.15. The Morgan fingerprint density at radius 2 is 2.12 bits per heavy atom. The van der Waals surface area contributed by atoms with E-state index in [1.807, 2.05) is 19.2 Å². The fraction of sp³-hybridized carbons (Fsp3) is 0.500. The Balaban J connectivity index is 1.90. The van der Waals surface area contributed by atoms with E-state index in [4.69, 9.17) is 26.8 Å². The monoisotopic (exact) mass is 256 g/mol. The molecule has 0 amide bonds. The fourth-order valence-corrected chi connectivity index (χ4v) is 2.01. The minimum atomic E-state index is -0.117. The third kappa shape index (κ3) is 3.57. The van der Waals surface area contributed by atoms with Gasteiger partial charge in [-0.2, -0.15) is 0 Å². The zero-order valence-corrected chi connectivity index (χ0v) is 10.6. The van der Waals surface area contributed by atoms with Crippen molar-refractivity contribution < 1.29 is 9.47 Å². The van der Waals surface area contributed by atoms with Crippen LogP contribution in [0.1, 0.15) is 5.56 Å². The van der Waals surface area contributed by atoms with Crippen molar-refractivity contribution in [1.82, 2.24) is 4.90 Å². The Hall–Kier alpha value is -0.810. The van der Waals surface area contributed by atoms with Crippen LogP contribution in [0.4, 0.5) is 5.69 Å². The van der Waals surface area contributed by atoms with Crippen molar-refractivity contribution in [2.45, 2.75) is 12.8 Å². The molecule has 1 aromatic carbocycles. The van der Waals surface area contributed by atoms with Gasteiger partial charge in [-0.3, -0.25) is 4.90 Å². The zero-order chi connectivity index (χ0) is 12.3. The summed E-state index contributed by atoms with van der Waals surface area (Å²) >= 11 is 5.86. The number of anilines is 1. The van der Waals surface area contributed by atoms with E-state index in [1.54, 1.807) is 6.07 Å². The van der Waals surface area contributed by atoms with E-state index < -0.39 is 0 Å². The van der Waals surface area contributed by atoms with Gasteiger partial charge in [-0.15, -0.1) is 0 Å². The number of likely N-dealkylation sites (N-methyl/N-ethyl adjacent to an activating group) is 1. The third-order valence-electron chi connectivity index (χ3n) is 2.70. The van der Waals surface area contributed by atoms with E-state index in [2.05, 4.69) is 4.90 Å². The maximum Gasteiger partial charge on any atom is 0.170 e. The highest BCUT2D eigenvalue weighted by Crippen LogP contribution is 2.19. The van der Waals surface area contributed by atoms with E-state index in [0.717, 1.165) is 24.3 Å². The lowest BCUT2D eigenvalue weighted by molar-refractivity contribution is -0.0592. The van der Waals surface area contributed by atoms with E-state index in [-0.39, 0.29) is 6.29 Å². The van der Waals surface area contributed by atoms with Crippen LogP contribution in [-0.2, 0) is 16.0 Å². The van der Waals surface area contributed by atoms with Crippen LogP contribution in [0.2, 0.25) is 5.02 Å². The van der Waals surface area contributed by atoms with Crippen LogP contribution in [-0.4, -0.2) is 38.0 Å². The molecule has 0 spiro atoms. The molecule has 0 aromatic heterocycles. The van der Waals surface area contributed by atoms with Gasteiger partial charge >= 0.3 is 0 Å². The van der Waals surface area contributed by atoms with Crippen molar-refractivity contribution in [3.63, 3.8) is 0 Å². The largest absolute Gasteiger partial charge is 0.398 e. The van der Waals surface area contributed by atoms with Crippen molar-refractivity contribution in [3.05, 3.63) is 28.8 Å². The van der Waals surface area contributed by atoms with Crippen LogP contribution in [0.25, 0.3) is 0 Å². The summed E-state index contributed by atoms with van der Waals surface area (Å²) in [4.78, 5) is 2.12. The number of halogens is 1. The second-order valence-electron chi connectivity index (χ2n) is 4.21. The molecule has 0 bridgehead atoms. The molecule has 0 radical (unpaired) electrons. The first-order valence-corrected chi connectivity index (χ1v) is 5.98. The van der Waals surface area contributed by atoms with E-state index in [1.165, 1.54) is 0 Å². The smallest absolute Gasteiger partial charge is 0.170 e. The molecule has 1 fully saturated rings. The molecule has 2 rings (SSSR count). The SMILES string of the molecule is CN(Cc1ccc(Cl)cc1N)CC1OCCO1. The molecule has 2 N–H and O–H groups in total. The molecule has 1 aromatic rings. The highest BCUT2D eigenvalue weighted by Gasteiger charge is 2.18. The highest BCUT2D eigenvalue weighted by atomic mass is 35.5. The van der Waals surface area contributed by atoms with Crippen molar-refractivity contribution >= 4 is 17.3 Å². The number of hydrogen-bond donors (Lipinski definition) is 1. The molecule has 94 valence electrons. The number of rotatable bonds is 4. The lowest BCUT2D eigenvalue weighted by atomic mass is 10.1. The van der Waals surface area contributed by atoms with Crippen molar-refractivity contribution in [1.29, 1.82) is 0 Å². The summed E-state index contributed by atoms with van der Waals surface area (Å²) in [6, 6.07) is 5.57. The molecule has 1 heterocycles. The van der Waals surface area contributed by atoms with Crippen LogP contribution >= 0.6 is 11.6 Å². The molecule has 1 saturated heterocycles. The number of nitrogens with two attached hydrogens (primary N) is 1. The third-order valence-corrected chi connectivity index (χ3v) is 2.93. The van der Waals surface area contributed by atoms with Crippen molar-refractivity contribution in [2.24, 2.45) is 0 Å². The molecular formula is C12H17ClN2O2. The fourth-order valence-electron chi connectivity index (χ4n) is 1.83. The average Bonchev–Trinajstić information content (AvgIpc) is 2.75. The Labute approximate surface area is 106 Å². The van der Waals surface area contributed by atoms with Crippen LogP contribution < -0.4 is 5.73 Å². The molecular weight excluding hydrogens is 240 g/mol. The maximum absolute atomic E-state index is 5.90. The second-order valence-corrected chi connectivity index (χ2v) is 4.65. The number of nitrogens with zero attached hydrogens (tertiary/aromatic N) is 1. The molecule has 0 atom stereocenters. The van der Waals surface area contributed by atoms with E-state index >= 15 is 0 Å². The van der Waals surface area contributed by atoms with Gasteiger partial charge in [0.25, 0.3) is 0 Å². The number of nitrogen functional groups attached to an aromatic ring is 1.